The first-order valence-electron chi connectivity index (χ1n) is 5.24. The van der Waals surface area contributed by atoms with Gasteiger partial charge in [-0.15, -0.1) is 0 Å². The fourth-order valence-corrected chi connectivity index (χ4v) is 1.54. The van der Waals surface area contributed by atoms with E-state index in [1.165, 1.54) is 12.1 Å². The SMILES string of the molecule is O=[N+]([O-])c1ccc(CCc2ccnnc2)cc1. The van der Waals surface area contributed by atoms with Gasteiger partial charge in [-0.2, -0.15) is 10.2 Å². The van der Waals surface area contributed by atoms with Crippen LogP contribution in [0.15, 0.2) is 42.7 Å². The molecule has 1 heterocycles. The van der Waals surface area contributed by atoms with E-state index in [0.717, 1.165) is 24.0 Å². The summed E-state index contributed by atoms with van der Waals surface area (Å²) in [5.41, 5.74) is 2.31. The first kappa shape index (κ1) is 11.2. The summed E-state index contributed by atoms with van der Waals surface area (Å²) in [6, 6.07) is 8.54. The van der Waals surface area contributed by atoms with Crippen LogP contribution in [0, 0.1) is 10.1 Å². The van der Waals surface area contributed by atoms with Crippen LogP contribution >= 0.6 is 0 Å². The Bertz CT molecular complexity index is 497. The number of hydrogen-bond donors (Lipinski definition) is 0. The number of nitro benzene ring substituents is 1. The van der Waals surface area contributed by atoms with E-state index in [-0.39, 0.29) is 5.69 Å². The van der Waals surface area contributed by atoms with Gasteiger partial charge in [0.05, 0.1) is 11.1 Å². The molecule has 0 saturated heterocycles. The van der Waals surface area contributed by atoms with E-state index in [4.69, 9.17) is 0 Å². The average Bonchev–Trinajstić information content (AvgIpc) is 2.38. The average molecular weight is 229 g/mol. The normalized spacial score (nSPS) is 10.1. The van der Waals surface area contributed by atoms with Crippen molar-refractivity contribution in [1.29, 1.82) is 0 Å². The number of aryl methyl sites for hydroxylation is 2. The van der Waals surface area contributed by atoms with Crippen molar-refractivity contribution < 1.29 is 4.92 Å². The van der Waals surface area contributed by atoms with Crippen LogP contribution in [0.25, 0.3) is 0 Å². The molecule has 1 aromatic carbocycles. The van der Waals surface area contributed by atoms with Gasteiger partial charge in [-0.25, -0.2) is 0 Å². The van der Waals surface area contributed by atoms with Crippen molar-refractivity contribution in [3.05, 3.63) is 64.0 Å². The molecule has 0 spiro atoms. The lowest BCUT2D eigenvalue weighted by molar-refractivity contribution is -0.384. The molecule has 2 rings (SSSR count). The van der Waals surface area contributed by atoms with Crippen molar-refractivity contribution in [3.8, 4) is 0 Å². The van der Waals surface area contributed by atoms with Gasteiger partial charge in [-0.05, 0) is 30.0 Å². The first-order valence-corrected chi connectivity index (χ1v) is 5.24. The lowest BCUT2D eigenvalue weighted by Crippen LogP contribution is -1.93. The molecule has 5 nitrogen and oxygen atoms in total. The number of hydrogen-bond acceptors (Lipinski definition) is 4. The predicted molar refractivity (Wildman–Crippen MR) is 62.5 cm³/mol. The molecule has 17 heavy (non-hydrogen) atoms. The van der Waals surface area contributed by atoms with Crippen LogP contribution in [0.4, 0.5) is 5.69 Å². The monoisotopic (exact) mass is 229 g/mol. The molecule has 2 aromatic rings. The van der Waals surface area contributed by atoms with E-state index in [2.05, 4.69) is 10.2 Å². The maximum atomic E-state index is 10.5. The molecule has 0 aliphatic rings. The molecule has 0 unspecified atom stereocenters. The van der Waals surface area contributed by atoms with Gasteiger partial charge in [-0.3, -0.25) is 10.1 Å². The molecular weight excluding hydrogens is 218 g/mol. The molecule has 0 bridgehead atoms. The van der Waals surface area contributed by atoms with Crippen LogP contribution in [0.1, 0.15) is 11.1 Å². The minimum absolute atomic E-state index is 0.124. The highest BCUT2D eigenvalue weighted by Gasteiger charge is 2.03. The summed E-state index contributed by atoms with van der Waals surface area (Å²) in [4.78, 5) is 10.1. The summed E-state index contributed by atoms with van der Waals surface area (Å²) in [5, 5.41) is 18.0. The second-order valence-corrected chi connectivity index (χ2v) is 3.67. The van der Waals surface area contributed by atoms with Crippen molar-refractivity contribution in [3.63, 3.8) is 0 Å². The molecule has 0 atom stereocenters. The summed E-state index contributed by atoms with van der Waals surface area (Å²) in [6.07, 6.45) is 5.08. The Labute approximate surface area is 98.3 Å². The van der Waals surface area contributed by atoms with Crippen LogP contribution < -0.4 is 0 Å². The molecule has 5 heteroatoms. The van der Waals surface area contributed by atoms with Crippen molar-refractivity contribution in [1.82, 2.24) is 10.2 Å². The number of nitrogens with zero attached hydrogens (tertiary/aromatic N) is 3. The van der Waals surface area contributed by atoms with Gasteiger partial charge in [0, 0.05) is 18.3 Å². The molecular formula is C12H11N3O2. The summed E-state index contributed by atoms with van der Waals surface area (Å²) in [6.45, 7) is 0. The molecule has 0 aliphatic carbocycles. The third-order valence-electron chi connectivity index (χ3n) is 2.50. The van der Waals surface area contributed by atoms with E-state index >= 15 is 0 Å². The number of aromatic nitrogens is 2. The van der Waals surface area contributed by atoms with Gasteiger partial charge < -0.3 is 0 Å². The first-order chi connectivity index (χ1) is 8.25. The minimum atomic E-state index is -0.392. The van der Waals surface area contributed by atoms with Gasteiger partial charge in [0.25, 0.3) is 5.69 Å². The Morgan fingerprint density at radius 1 is 1.00 bits per heavy atom. The van der Waals surface area contributed by atoms with Crippen LogP contribution in [-0.4, -0.2) is 15.1 Å². The second-order valence-electron chi connectivity index (χ2n) is 3.67. The fraction of sp³-hybridized carbons (Fsp3) is 0.167. The molecule has 0 N–H and O–H groups in total. The molecule has 0 fully saturated rings. The highest BCUT2D eigenvalue weighted by atomic mass is 16.6. The highest BCUT2D eigenvalue weighted by Crippen LogP contribution is 2.13. The standard InChI is InChI=1S/C12H11N3O2/c16-15(17)12-5-3-10(4-6-12)1-2-11-7-8-13-14-9-11/h3-9H,1-2H2. The van der Waals surface area contributed by atoms with Crippen LogP contribution in [0.3, 0.4) is 0 Å². The Kier molecular flexibility index (Phi) is 3.40. The lowest BCUT2D eigenvalue weighted by Gasteiger charge is -2.00. The second kappa shape index (κ2) is 5.16. The molecule has 0 radical (unpaired) electrons. The Morgan fingerprint density at radius 2 is 1.71 bits per heavy atom. The maximum Gasteiger partial charge on any atom is 0.269 e. The van der Waals surface area contributed by atoms with Crippen molar-refractivity contribution >= 4 is 5.69 Å². The molecule has 0 amide bonds. The minimum Gasteiger partial charge on any atom is -0.258 e. The van der Waals surface area contributed by atoms with Gasteiger partial charge in [-0.1, -0.05) is 12.1 Å². The zero-order valence-electron chi connectivity index (χ0n) is 9.11. The fourth-order valence-electron chi connectivity index (χ4n) is 1.54. The summed E-state index contributed by atoms with van der Waals surface area (Å²) < 4.78 is 0. The molecule has 86 valence electrons. The van der Waals surface area contributed by atoms with E-state index in [1.54, 1.807) is 24.5 Å². The van der Waals surface area contributed by atoms with E-state index in [1.807, 2.05) is 6.07 Å². The smallest absolute Gasteiger partial charge is 0.258 e. The molecule has 1 aromatic heterocycles. The van der Waals surface area contributed by atoms with E-state index in [0.29, 0.717) is 0 Å². The Hall–Kier alpha value is -2.30. The zero-order valence-corrected chi connectivity index (χ0v) is 9.11. The topological polar surface area (TPSA) is 68.9 Å². The van der Waals surface area contributed by atoms with Crippen molar-refractivity contribution in [2.75, 3.05) is 0 Å². The van der Waals surface area contributed by atoms with Crippen molar-refractivity contribution in [2.45, 2.75) is 12.8 Å². The van der Waals surface area contributed by atoms with Crippen molar-refractivity contribution in [2.24, 2.45) is 0 Å². The number of nitro groups is 1. The third kappa shape index (κ3) is 3.07. The van der Waals surface area contributed by atoms with Gasteiger partial charge in [0.1, 0.15) is 0 Å². The van der Waals surface area contributed by atoms with Gasteiger partial charge >= 0.3 is 0 Å². The highest BCUT2D eigenvalue weighted by molar-refractivity contribution is 5.33. The van der Waals surface area contributed by atoms with Crippen LogP contribution in [0.5, 0.6) is 0 Å². The quantitative estimate of drug-likeness (QED) is 0.595. The van der Waals surface area contributed by atoms with Gasteiger partial charge in [0.15, 0.2) is 0 Å². The van der Waals surface area contributed by atoms with Crippen LogP contribution in [0.2, 0.25) is 0 Å². The van der Waals surface area contributed by atoms with E-state index < -0.39 is 4.92 Å². The summed E-state index contributed by atoms with van der Waals surface area (Å²) in [7, 11) is 0. The third-order valence-corrected chi connectivity index (χ3v) is 2.50. The largest absolute Gasteiger partial charge is 0.269 e. The Morgan fingerprint density at radius 3 is 2.29 bits per heavy atom. The molecule has 0 saturated carbocycles. The predicted octanol–water partition coefficient (Wildman–Crippen LogP) is 2.17. The van der Waals surface area contributed by atoms with E-state index in [9.17, 15) is 10.1 Å². The maximum absolute atomic E-state index is 10.5. The summed E-state index contributed by atoms with van der Waals surface area (Å²) >= 11 is 0. The Balaban J connectivity index is 1.98. The zero-order chi connectivity index (χ0) is 12.1. The van der Waals surface area contributed by atoms with Gasteiger partial charge in [0.2, 0.25) is 0 Å². The molecule has 0 aliphatic heterocycles. The summed E-state index contributed by atoms with van der Waals surface area (Å²) in [5.74, 6) is 0. The number of rotatable bonds is 4. The number of benzene rings is 1. The number of non-ortho nitro benzene ring substituents is 1. The lowest BCUT2D eigenvalue weighted by atomic mass is 10.1. The van der Waals surface area contributed by atoms with Crippen LogP contribution in [-0.2, 0) is 12.8 Å².